The van der Waals surface area contributed by atoms with Crippen LogP contribution in [0.4, 0.5) is 0 Å². The molecule has 0 heterocycles. The first-order valence-corrected chi connectivity index (χ1v) is 8.28. The van der Waals surface area contributed by atoms with Crippen LogP contribution in [-0.4, -0.2) is 51.9 Å². The maximum Gasteiger partial charge on any atom is 0.183 e. The maximum atomic E-state index is 9.14. The summed E-state index contributed by atoms with van der Waals surface area (Å²) in [5, 5.41) is -0.165. The molecular formula is C15H23B2O4P. The highest BCUT2D eigenvalue weighted by Gasteiger charge is 2.24. The third-order valence-electron chi connectivity index (χ3n) is 2.99. The van der Waals surface area contributed by atoms with Gasteiger partial charge in [-0.2, -0.15) is 0 Å². The summed E-state index contributed by atoms with van der Waals surface area (Å²) in [4.78, 5) is 18.3. The van der Waals surface area contributed by atoms with Crippen molar-refractivity contribution in [3.05, 3.63) is 46.6 Å². The van der Waals surface area contributed by atoms with Crippen LogP contribution in [0.25, 0.3) is 0 Å². The Labute approximate surface area is 137 Å². The van der Waals surface area contributed by atoms with Crippen molar-refractivity contribution >= 4 is 24.1 Å². The van der Waals surface area contributed by atoms with E-state index in [-0.39, 0.29) is 16.8 Å². The third-order valence-corrected chi connectivity index (χ3v) is 3.68. The Morgan fingerprint density at radius 2 is 1.64 bits per heavy atom. The molecule has 4 radical (unpaired) electrons. The SMILES string of the molecule is CC.[B]/C(=C(/[B])P(O)O)C(OC)[C@H](Cc1ccccc1)OC. The van der Waals surface area contributed by atoms with Crippen molar-refractivity contribution < 1.29 is 19.3 Å². The molecule has 2 N–H and O–H groups in total. The molecule has 1 unspecified atom stereocenters. The average Bonchev–Trinajstić information content (AvgIpc) is 2.56. The van der Waals surface area contributed by atoms with Gasteiger partial charge in [-0.05, 0) is 5.56 Å². The van der Waals surface area contributed by atoms with Gasteiger partial charge < -0.3 is 19.3 Å². The number of hydrogen-bond donors (Lipinski definition) is 2. The van der Waals surface area contributed by atoms with Crippen molar-refractivity contribution in [1.29, 1.82) is 0 Å². The summed E-state index contributed by atoms with van der Waals surface area (Å²) in [7, 11) is 12.0. The largest absolute Gasteiger partial charge is 0.378 e. The van der Waals surface area contributed by atoms with E-state index < -0.39 is 14.5 Å². The Kier molecular flexibility index (Phi) is 11.5. The number of methoxy groups -OCH3 is 2. The fourth-order valence-corrected chi connectivity index (χ4v) is 2.26. The van der Waals surface area contributed by atoms with E-state index in [1.54, 1.807) is 7.11 Å². The molecule has 22 heavy (non-hydrogen) atoms. The molecule has 1 rings (SSSR count). The number of rotatable bonds is 7. The molecule has 0 amide bonds. The molecule has 0 aliphatic carbocycles. The minimum atomic E-state index is -2.43. The molecule has 0 aliphatic heterocycles. The highest BCUT2D eigenvalue weighted by atomic mass is 31.2. The molecule has 1 aromatic rings. The van der Waals surface area contributed by atoms with Gasteiger partial charge in [-0.1, -0.05) is 54.9 Å². The van der Waals surface area contributed by atoms with Gasteiger partial charge in [0.15, 0.2) is 8.38 Å². The molecule has 7 heteroatoms. The second-order valence-electron chi connectivity index (χ2n) is 4.25. The van der Waals surface area contributed by atoms with Gasteiger partial charge in [0.05, 0.1) is 12.2 Å². The molecule has 0 fully saturated rings. The summed E-state index contributed by atoms with van der Waals surface area (Å²) < 4.78 is 10.7. The third kappa shape index (κ3) is 6.64. The minimum Gasteiger partial charge on any atom is -0.378 e. The Morgan fingerprint density at radius 3 is 2.05 bits per heavy atom. The van der Waals surface area contributed by atoms with Gasteiger partial charge >= 0.3 is 0 Å². The van der Waals surface area contributed by atoms with E-state index in [0.717, 1.165) is 5.56 Å². The minimum absolute atomic E-state index is 0.0893. The van der Waals surface area contributed by atoms with Crippen LogP contribution in [0.2, 0.25) is 0 Å². The molecular weight excluding hydrogens is 297 g/mol. The Morgan fingerprint density at radius 1 is 1.09 bits per heavy atom. The highest BCUT2D eigenvalue weighted by Crippen LogP contribution is 2.35. The van der Waals surface area contributed by atoms with Crippen molar-refractivity contribution in [3.63, 3.8) is 0 Å². The molecule has 118 valence electrons. The predicted octanol–water partition coefficient (Wildman–Crippen LogP) is 2.09. The normalized spacial score (nSPS) is 14.7. The van der Waals surface area contributed by atoms with Crippen molar-refractivity contribution in [3.8, 4) is 0 Å². The highest BCUT2D eigenvalue weighted by molar-refractivity contribution is 7.52. The van der Waals surface area contributed by atoms with Crippen LogP contribution in [0.15, 0.2) is 41.0 Å². The van der Waals surface area contributed by atoms with E-state index in [1.807, 2.05) is 44.2 Å². The van der Waals surface area contributed by atoms with E-state index in [4.69, 9.17) is 35.0 Å². The second kappa shape index (κ2) is 11.9. The summed E-state index contributed by atoms with van der Waals surface area (Å²) in [6.07, 6.45) is -0.459. The molecule has 0 saturated heterocycles. The first kappa shape index (κ1) is 21.4. The van der Waals surface area contributed by atoms with Crippen LogP contribution in [0.3, 0.4) is 0 Å². The van der Waals surface area contributed by atoms with Gasteiger partial charge in [-0.3, -0.25) is 0 Å². The Balaban J connectivity index is 0.00000211. The van der Waals surface area contributed by atoms with E-state index in [9.17, 15) is 0 Å². The molecule has 0 aromatic heterocycles. The number of benzene rings is 1. The van der Waals surface area contributed by atoms with E-state index >= 15 is 0 Å². The topological polar surface area (TPSA) is 58.9 Å². The second-order valence-corrected chi connectivity index (χ2v) is 5.31. The molecule has 4 nitrogen and oxygen atoms in total. The fourth-order valence-electron chi connectivity index (χ4n) is 1.90. The smallest absolute Gasteiger partial charge is 0.183 e. The van der Waals surface area contributed by atoms with Crippen LogP contribution in [-0.2, 0) is 15.9 Å². The van der Waals surface area contributed by atoms with E-state index in [0.29, 0.717) is 6.42 Å². The Bertz CT molecular complexity index is 440. The average molecular weight is 320 g/mol. The molecule has 0 aliphatic rings. The predicted molar refractivity (Wildman–Crippen MR) is 93.0 cm³/mol. The van der Waals surface area contributed by atoms with Gasteiger partial charge in [0.25, 0.3) is 0 Å². The van der Waals surface area contributed by atoms with Gasteiger partial charge in [0.1, 0.15) is 15.7 Å². The number of hydrogen-bond acceptors (Lipinski definition) is 4. The van der Waals surface area contributed by atoms with Crippen LogP contribution >= 0.6 is 8.38 Å². The summed E-state index contributed by atoms with van der Waals surface area (Å²) in [6.45, 7) is 4.00. The monoisotopic (exact) mass is 320 g/mol. The van der Waals surface area contributed by atoms with Crippen LogP contribution in [0.5, 0.6) is 0 Å². The number of ether oxygens (including phenoxy) is 2. The van der Waals surface area contributed by atoms with Crippen molar-refractivity contribution in [2.45, 2.75) is 32.5 Å². The Hall–Kier alpha value is -0.640. The van der Waals surface area contributed by atoms with Crippen LogP contribution in [0.1, 0.15) is 19.4 Å². The molecule has 0 saturated carbocycles. The molecule has 0 bridgehead atoms. The molecule has 0 spiro atoms. The first-order chi connectivity index (χ1) is 10.5. The zero-order valence-electron chi connectivity index (χ0n) is 13.6. The molecule has 2 atom stereocenters. The lowest BCUT2D eigenvalue weighted by Crippen LogP contribution is -2.34. The lowest BCUT2D eigenvalue weighted by molar-refractivity contribution is -0.0130. The first-order valence-electron chi connectivity index (χ1n) is 7.03. The summed E-state index contributed by atoms with van der Waals surface area (Å²) in [6, 6.07) is 9.71. The zero-order valence-corrected chi connectivity index (χ0v) is 14.5. The quantitative estimate of drug-likeness (QED) is 0.597. The van der Waals surface area contributed by atoms with Gasteiger partial charge in [0.2, 0.25) is 0 Å². The van der Waals surface area contributed by atoms with Crippen molar-refractivity contribution in [2.75, 3.05) is 14.2 Å². The van der Waals surface area contributed by atoms with Gasteiger partial charge in [-0.25, -0.2) is 0 Å². The van der Waals surface area contributed by atoms with Gasteiger partial charge in [-0.15, -0.1) is 0 Å². The fraction of sp³-hybridized carbons (Fsp3) is 0.467. The zero-order chi connectivity index (χ0) is 17.1. The summed E-state index contributed by atoms with van der Waals surface area (Å²) >= 11 is 0. The lowest BCUT2D eigenvalue weighted by Gasteiger charge is -2.28. The summed E-state index contributed by atoms with van der Waals surface area (Å²) in [5.74, 6) is 0. The van der Waals surface area contributed by atoms with Gasteiger partial charge in [0, 0.05) is 20.6 Å². The lowest BCUT2D eigenvalue weighted by atomic mass is 9.81. The maximum absolute atomic E-state index is 9.14. The van der Waals surface area contributed by atoms with Crippen molar-refractivity contribution in [2.24, 2.45) is 0 Å². The van der Waals surface area contributed by atoms with Crippen molar-refractivity contribution in [1.82, 2.24) is 0 Å². The summed E-state index contributed by atoms with van der Waals surface area (Å²) in [5.41, 5.74) is 1.15. The van der Waals surface area contributed by atoms with Crippen LogP contribution in [0, 0.1) is 0 Å². The van der Waals surface area contributed by atoms with Crippen LogP contribution < -0.4 is 0 Å². The van der Waals surface area contributed by atoms with E-state index in [1.165, 1.54) is 7.11 Å². The standard InChI is InChI=1S/C13H17B2O4P.C2H6/c1-18-10(8-9-6-4-3-5-7-9)12(19-2)11(14)13(15)20(16)17;1-2/h3-7,10,12,16-17H,8H2,1-2H3;1-2H3/b13-11-;/t10-,12?;/m0./s1. The van der Waals surface area contributed by atoms with E-state index in [2.05, 4.69) is 0 Å². The molecule has 1 aromatic carbocycles.